The van der Waals surface area contributed by atoms with Gasteiger partial charge in [-0.2, -0.15) is 0 Å². The van der Waals surface area contributed by atoms with Gasteiger partial charge < -0.3 is 14.2 Å². The van der Waals surface area contributed by atoms with Crippen LogP contribution in [0.3, 0.4) is 0 Å². The zero-order valence-electron chi connectivity index (χ0n) is 10.6. The van der Waals surface area contributed by atoms with Crippen LogP contribution in [0.2, 0.25) is 0 Å². The lowest BCUT2D eigenvalue weighted by molar-refractivity contribution is 0.460. The summed E-state index contributed by atoms with van der Waals surface area (Å²) in [6.45, 7) is 3.16. The number of nitrogens with one attached hydrogen (secondary N) is 1. The molecule has 4 heteroatoms. The highest BCUT2D eigenvalue weighted by atomic mass is 19.1. The Bertz CT molecular complexity index is 686. The maximum absolute atomic E-state index is 13.2. The van der Waals surface area contributed by atoms with Gasteiger partial charge in [-0.05, 0) is 42.8 Å². The van der Waals surface area contributed by atoms with E-state index < -0.39 is 0 Å². The van der Waals surface area contributed by atoms with Crippen LogP contribution in [0.1, 0.15) is 17.1 Å². The predicted octanol–water partition coefficient (Wildman–Crippen LogP) is 3.76. The molecule has 0 radical (unpaired) electrons. The molecule has 3 rings (SSSR count). The van der Waals surface area contributed by atoms with Crippen LogP contribution in [0.4, 0.5) is 4.39 Å². The number of benzene rings is 1. The van der Waals surface area contributed by atoms with Crippen LogP contribution in [-0.4, -0.2) is 0 Å². The molecule has 1 N–H and O–H groups in total. The first-order valence-corrected chi connectivity index (χ1v) is 6.14. The second-order valence-corrected chi connectivity index (χ2v) is 4.47. The second kappa shape index (κ2) is 4.90. The molecule has 1 aromatic carbocycles. The summed E-state index contributed by atoms with van der Waals surface area (Å²) in [5.41, 5.74) is 1.69. The van der Waals surface area contributed by atoms with Gasteiger partial charge in [0.2, 0.25) is 0 Å². The van der Waals surface area contributed by atoms with Gasteiger partial charge in [-0.1, -0.05) is 0 Å². The van der Waals surface area contributed by atoms with Crippen LogP contribution >= 0.6 is 0 Å². The molecular formula is C15H14FNO2. The lowest BCUT2D eigenvalue weighted by atomic mass is 10.1. The normalized spacial score (nSPS) is 11.3. The van der Waals surface area contributed by atoms with Gasteiger partial charge in [0.25, 0.3) is 0 Å². The smallest absolute Gasteiger partial charge is 0.134 e. The maximum Gasteiger partial charge on any atom is 0.134 e. The van der Waals surface area contributed by atoms with Crippen molar-refractivity contribution in [3.8, 4) is 0 Å². The number of hydrogen-bond donors (Lipinski definition) is 1. The molecule has 0 bridgehead atoms. The molecule has 0 aliphatic carbocycles. The Morgan fingerprint density at radius 2 is 2.11 bits per heavy atom. The zero-order chi connectivity index (χ0) is 13.2. The first-order valence-electron chi connectivity index (χ1n) is 6.14. The van der Waals surface area contributed by atoms with Crippen molar-refractivity contribution in [2.75, 3.05) is 0 Å². The Hall–Kier alpha value is -2.07. The topological polar surface area (TPSA) is 38.3 Å². The molecule has 0 saturated carbocycles. The summed E-state index contributed by atoms with van der Waals surface area (Å²) in [7, 11) is 0. The highest BCUT2D eigenvalue weighted by Crippen LogP contribution is 2.25. The molecule has 0 atom stereocenters. The van der Waals surface area contributed by atoms with E-state index in [9.17, 15) is 4.39 Å². The van der Waals surface area contributed by atoms with E-state index in [2.05, 4.69) is 5.32 Å². The van der Waals surface area contributed by atoms with E-state index in [1.54, 1.807) is 12.3 Å². The minimum Gasteiger partial charge on any atom is -0.468 e. The molecule has 3 aromatic rings. The highest BCUT2D eigenvalue weighted by Gasteiger charge is 2.10. The Labute approximate surface area is 110 Å². The summed E-state index contributed by atoms with van der Waals surface area (Å²) in [5, 5.41) is 4.07. The lowest BCUT2D eigenvalue weighted by Gasteiger charge is -2.00. The summed E-state index contributed by atoms with van der Waals surface area (Å²) in [6, 6.07) is 8.34. The fourth-order valence-electron chi connectivity index (χ4n) is 2.12. The number of hydrogen-bond acceptors (Lipinski definition) is 3. The first kappa shape index (κ1) is 12.0. The monoisotopic (exact) mass is 259 g/mol. The van der Waals surface area contributed by atoms with E-state index >= 15 is 0 Å². The molecule has 98 valence electrons. The van der Waals surface area contributed by atoms with E-state index in [1.807, 2.05) is 19.1 Å². The van der Waals surface area contributed by atoms with Gasteiger partial charge in [0.15, 0.2) is 0 Å². The molecule has 0 aliphatic heterocycles. The zero-order valence-corrected chi connectivity index (χ0v) is 10.6. The average Bonchev–Trinajstić information content (AvgIpc) is 3.00. The lowest BCUT2D eigenvalue weighted by Crippen LogP contribution is -2.12. The largest absolute Gasteiger partial charge is 0.468 e. The van der Waals surface area contributed by atoms with Crippen LogP contribution in [0, 0.1) is 12.7 Å². The van der Waals surface area contributed by atoms with E-state index in [0.29, 0.717) is 18.7 Å². The van der Waals surface area contributed by atoms with Crippen molar-refractivity contribution in [2.24, 2.45) is 0 Å². The number of halogens is 1. The number of furan rings is 2. The van der Waals surface area contributed by atoms with E-state index in [0.717, 1.165) is 22.5 Å². The van der Waals surface area contributed by atoms with Gasteiger partial charge in [0.05, 0.1) is 19.4 Å². The van der Waals surface area contributed by atoms with E-state index in [4.69, 9.17) is 8.83 Å². The van der Waals surface area contributed by atoms with Crippen LogP contribution in [-0.2, 0) is 13.1 Å². The standard InChI is InChI=1S/C15H14FNO2/c1-10-13-7-11(16)4-5-14(13)19-15(10)9-17-8-12-3-2-6-18-12/h2-7,17H,8-9H2,1H3. The Morgan fingerprint density at radius 1 is 1.21 bits per heavy atom. The molecule has 2 heterocycles. The number of rotatable bonds is 4. The van der Waals surface area contributed by atoms with Crippen molar-refractivity contribution in [3.63, 3.8) is 0 Å². The summed E-state index contributed by atoms with van der Waals surface area (Å²) in [5.74, 6) is 1.46. The fourth-order valence-corrected chi connectivity index (χ4v) is 2.12. The van der Waals surface area contributed by atoms with Gasteiger partial charge in [0.1, 0.15) is 22.9 Å². The summed E-state index contributed by atoms with van der Waals surface area (Å²) in [4.78, 5) is 0. The van der Waals surface area contributed by atoms with Gasteiger partial charge >= 0.3 is 0 Å². The molecule has 2 aromatic heterocycles. The summed E-state index contributed by atoms with van der Waals surface area (Å²) in [6.07, 6.45) is 1.65. The molecule has 0 spiro atoms. The average molecular weight is 259 g/mol. The molecule has 0 saturated heterocycles. The predicted molar refractivity (Wildman–Crippen MR) is 70.2 cm³/mol. The van der Waals surface area contributed by atoms with Gasteiger partial charge in [-0.25, -0.2) is 4.39 Å². The van der Waals surface area contributed by atoms with Crippen LogP contribution in [0.15, 0.2) is 45.4 Å². The Morgan fingerprint density at radius 3 is 2.89 bits per heavy atom. The van der Waals surface area contributed by atoms with Crippen LogP contribution < -0.4 is 5.32 Å². The second-order valence-electron chi connectivity index (χ2n) is 4.47. The molecule has 0 aliphatic rings. The van der Waals surface area contributed by atoms with Crippen molar-refractivity contribution in [3.05, 3.63) is 59.5 Å². The molecule has 0 unspecified atom stereocenters. The molecule has 0 amide bonds. The van der Waals surface area contributed by atoms with Crippen molar-refractivity contribution in [1.82, 2.24) is 5.32 Å². The van der Waals surface area contributed by atoms with Crippen molar-refractivity contribution in [1.29, 1.82) is 0 Å². The summed E-state index contributed by atoms with van der Waals surface area (Å²) < 4.78 is 24.1. The van der Waals surface area contributed by atoms with Crippen molar-refractivity contribution in [2.45, 2.75) is 20.0 Å². The van der Waals surface area contributed by atoms with E-state index in [-0.39, 0.29) is 5.82 Å². The van der Waals surface area contributed by atoms with Crippen LogP contribution in [0.25, 0.3) is 11.0 Å². The SMILES string of the molecule is Cc1c(CNCc2ccco2)oc2ccc(F)cc12. The highest BCUT2D eigenvalue weighted by molar-refractivity contribution is 5.82. The Balaban J connectivity index is 1.76. The molecule has 0 fully saturated rings. The number of aryl methyl sites for hydroxylation is 1. The van der Waals surface area contributed by atoms with Crippen molar-refractivity contribution >= 4 is 11.0 Å². The third kappa shape index (κ3) is 2.39. The van der Waals surface area contributed by atoms with Gasteiger partial charge in [-0.3, -0.25) is 0 Å². The molecular weight excluding hydrogens is 245 g/mol. The van der Waals surface area contributed by atoms with Gasteiger partial charge in [-0.15, -0.1) is 0 Å². The fraction of sp³-hybridized carbons (Fsp3) is 0.200. The Kier molecular flexibility index (Phi) is 3.09. The third-order valence-electron chi connectivity index (χ3n) is 3.16. The van der Waals surface area contributed by atoms with Crippen molar-refractivity contribution < 1.29 is 13.2 Å². The van der Waals surface area contributed by atoms with E-state index in [1.165, 1.54) is 12.1 Å². The molecule has 19 heavy (non-hydrogen) atoms. The minimum atomic E-state index is -0.244. The first-order chi connectivity index (χ1) is 9.24. The van der Waals surface area contributed by atoms with Gasteiger partial charge in [0, 0.05) is 5.39 Å². The minimum absolute atomic E-state index is 0.244. The number of fused-ring (bicyclic) bond motifs is 1. The quantitative estimate of drug-likeness (QED) is 0.775. The maximum atomic E-state index is 13.2. The summed E-state index contributed by atoms with van der Waals surface area (Å²) >= 11 is 0. The van der Waals surface area contributed by atoms with Crippen LogP contribution in [0.5, 0.6) is 0 Å². The molecule has 3 nitrogen and oxygen atoms in total. The third-order valence-corrected chi connectivity index (χ3v) is 3.16.